The fraction of sp³-hybridized carbons (Fsp3) is 0.294. The van der Waals surface area contributed by atoms with Gasteiger partial charge in [-0.2, -0.15) is 0 Å². The van der Waals surface area contributed by atoms with Gasteiger partial charge in [0.15, 0.2) is 11.5 Å². The summed E-state index contributed by atoms with van der Waals surface area (Å²) < 4.78 is 0. The van der Waals surface area contributed by atoms with Gasteiger partial charge in [0.1, 0.15) is 5.75 Å². The van der Waals surface area contributed by atoms with Crippen molar-refractivity contribution in [3.63, 3.8) is 0 Å². The molecule has 2 aromatic rings. The molecule has 5 N–H and O–H groups in total. The zero-order valence-corrected chi connectivity index (χ0v) is 12.4. The Balaban J connectivity index is 1.85. The van der Waals surface area contributed by atoms with Crippen molar-refractivity contribution in [1.82, 2.24) is 5.32 Å². The summed E-state index contributed by atoms with van der Waals surface area (Å²) in [5, 5.41) is 41.3. The molecule has 0 heterocycles. The minimum Gasteiger partial charge on any atom is -0.508 e. The van der Waals surface area contributed by atoms with Gasteiger partial charge in [-0.05, 0) is 48.7 Å². The lowest BCUT2D eigenvalue weighted by Crippen LogP contribution is -2.32. The van der Waals surface area contributed by atoms with Crippen LogP contribution in [0.25, 0.3) is 0 Å². The first kappa shape index (κ1) is 16.1. The highest BCUT2D eigenvalue weighted by Crippen LogP contribution is 2.27. The Bertz CT molecular complexity index is 613. The molecular weight excluding hydrogens is 282 g/mol. The Morgan fingerprint density at radius 2 is 1.64 bits per heavy atom. The van der Waals surface area contributed by atoms with Gasteiger partial charge in [-0.1, -0.05) is 18.2 Å². The van der Waals surface area contributed by atoms with Crippen LogP contribution in [0.3, 0.4) is 0 Å². The Labute approximate surface area is 129 Å². The SMILES string of the molecule is C[C@H](Cc1ccc(O)cc1)NC[C@@H](O)c1ccc(O)c(O)c1. The molecule has 22 heavy (non-hydrogen) atoms. The maximum atomic E-state index is 10.1. The molecule has 0 radical (unpaired) electrons. The largest absolute Gasteiger partial charge is 0.508 e. The molecular formula is C17H21NO4. The molecule has 0 aliphatic carbocycles. The summed E-state index contributed by atoms with van der Waals surface area (Å²) in [4.78, 5) is 0. The first-order valence-corrected chi connectivity index (χ1v) is 7.17. The number of aliphatic hydroxyl groups is 1. The van der Waals surface area contributed by atoms with Crippen molar-refractivity contribution in [2.45, 2.75) is 25.5 Å². The average molecular weight is 303 g/mol. The number of nitrogens with one attached hydrogen (secondary N) is 1. The standard InChI is InChI=1S/C17H21NO4/c1-11(8-12-2-5-14(19)6-3-12)18-10-17(22)13-4-7-15(20)16(21)9-13/h2-7,9,11,17-22H,8,10H2,1H3/t11-,17-/m1/s1. The molecule has 0 amide bonds. The Hall–Kier alpha value is -2.24. The predicted molar refractivity (Wildman–Crippen MR) is 84.0 cm³/mol. The molecule has 0 saturated carbocycles. The Morgan fingerprint density at radius 3 is 2.27 bits per heavy atom. The maximum absolute atomic E-state index is 10.1. The molecule has 2 aromatic carbocycles. The third-order valence-electron chi connectivity index (χ3n) is 3.52. The molecule has 0 saturated heterocycles. The van der Waals surface area contributed by atoms with Crippen LogP contribution in [-0.4, -0.2) is 33.0 Å². The van der Waals surface area contributed by atoms with Crippen LogP contribution in [0.2, 0.25) is 0 Å². The Kier molecular flexibility index (Phi) is 5.25. The summed E-state index contributed by atoms with van der Waals surface area (Å²) in [5.41, 5.74) is 1.63. The van der Waals surface area contributed by atoms with Crippen molar-refractivity contribution in [1.29, 1.82) is 0 Å². The number of hydrogen-bond acceptors (Lipinski definition) is 5. The lowest BCUT2D eigenvalue weighted by atomic mass is 10.1. The van der Waals surface area contributed by atoms with E-state index in [1.807, 2.05) is 19.1 Å². The van der Waals surface area contributed by atoms with E-state index in [0.717, 1.165) is 12.0 Å². The highest BCUT2D eigenvalue weighted by molar-refractivity contribution is 5.41. The number of benzene rings is 2. The molecule has 2 rings (SSSR count). The molecule has 0 fully saturated rings. The summed E-state index contributed by atoms with van der Waals surface area (Å²) in [6.45, 7) is 2.34. The normalized spacial score (nSPS) is 13.7. The number of rotatable bonds is 6. The summed E-state index contributed by atoms with van der Waals surface area (Å²) in [7, 11) is 0. The lowest BCUT2D eigenvalue weighted by Gasteiger charge is -2.18. The molecule has 0 bridgehead atoms. The smallest absolute Gasteiger partial charge is 0.157 e. The van der Waals surface area contributed by atoms with Crippen LogP contribution >= 0.6 is 0 Å². The molecule has 0 spiro atoms. The fourth-order valence-corrected chi connectivity index (χ4v) is 2.24. The van der Waals surface area contributed by atoms with E-state index >= 15 is 0 Å². The first-order valence-electron chi connectivity index (χ1n) is 7.17. The number of aliphatic hydroxyl groups excluding tert-OH is 1. The van der Waals surface area contributed by atoms with Crippen LogP contribution in [0.5, 0.6) is 17.2 Å². The predicted octanol–water partition coefficient (Wildman–Crippen LogP) is 2.06. The monoisotopic (exact) mass is 303 g/mol. The van der Waals surface area contributed by atoms with Crippen molar-refractivity contribution in [3.8, 4) is 17.2 Å². The number of hydrogen-bond donors (Lipinski definition) is 5. The third kappa shape index (κ3) is 4.38. The zero-order valence-electron chi connectivity index (χ0n) is 12.4. The van der Waals surface area contributed by atoms with Crippen molar-refractivity contribution in [2.75, 3.05) is 6.54 Å². The van der Waals surface area contributed by atoms with Gasteiger partial charge < -0.3 is 25.7 Å². The second-order valence-corrected chi connectivity index (χ2v) is 5.44. The van der Waals surface area contributed by atoms with Crippen LogP contribution in [0.1, 0.15) is 24.2 Å². The fourth-order valence-electron chi connectivity index (χ4n) is 2.24. The van der Waals surface area contributed by atoms with Gasteiger partial charge in [-0.15, -0.1) is 0 Å². The van der Waals surface area contributed by atoms with Gasteiger partial charge in [-0.25, -0.2) is 0 Å². The van der Waals surface area contributed by atoms with Crippen molar-refractivity contribution < 1.29 is 20.4 Å². The minimum absolute atomic E-state index is 0.143. The van der Waals surface area contributed by atoms with Crippen LogP contribution < -0.4 is 5.32 Å². The molecule has 5 heteroatoms. The average Bonchev–Trinajstić information content (AvgIpc) is 2.50. The van der Waals surface area contributed by atoms with Crippen molar-refractivity contribution in [3.05, 3.63) is 53.6 Å². The minimum atomic E-state index is -0.770. The van der Waals surface area contributed by atoms with Gasteiger partial charge in [0.2, 0.25) is 0 Å². The van der Waals surface area contributed by atoms with Gasteiger partial charge >= 0.3 is 0 Å². The van der Waals surface area contributed by atoms with Gasteiger partial charge in [0, 0.05) is 12.6 Å². The van der Waals surface area contributed by atoms with Crippen LogP contribution in [0.15, 0.2) is 42.5 Å². The number of aromatic hydroxyl groups is 3. The van der Waals surface area contributed by atoms with Crippen molar-refractivity contribution >= 4 is 0 Å². The lowest BCUT2D eigenvalue weighted by molar-refractivity contribution is 0.170. The van der Waals surface area contributed by atoms with Gasteiger partial charge in [0.05, 0.1) is 6.10 Å². The van der Waals surface area contributed by atoms with E-state index in [2.05, 4.69) is 5.32 Å². The molecule has 118 valence electrons. The summed E-state index contributed by atoms with van der Waals surface area (Å²) in [5.74, 6) is -0.203. The molecule has 2 atom stereocenters. The summed E-state index contributed by atoms with van der Waals surface area (Å²) in [6, 6.07) is 11.5. The van der Waals surface area contributed by atoms with Crippen LogP contribution in [0, 0.1) is 0 Å². The zero-order chi connectivity index (χ0) is 16.1. The van der Waals surface area contributed by atoms with Crippen LogP contribution in [-0.2, 0) is 6.42 Å². The van der Waals surface area contributed by atoms with Gasteiger partial charge in [-0.3, -0.25) is 0 Å². The quantitative estimate of drug-likeness (QED) is 0.527. The van der Waals surface area contributed by atoms with E-state index in [9.17, 15) is 20.4 Å². The third-order valence-corrected chi connectivity index (χ3v) is 3.52. The highest BCUT2D eigenvalue weighted by Gasteiger charge is 2.12. The van der Waals surface area contributed by atoms with Crippen molar-refractivity contribution in [2.24, 2.45) is 0 Å². The molecule has 0 aliphatic heterocycles. The van der Waals surface area contributed by atoms with Crippen LogP contribution in [0.4, 0.5) is 0 Å². The second-order valence-electron chi connectivity index (χ2n) is 5.44. The first-order chi connectivity index (χ1) is 10.5. The van der Waals surface area contributed by atoms with E-state index in [1.54, 1.807) is 18.2 Å². The summed E-state index contributed by atoms with van der Waals surface area (Å²) in [6.07, 6.45) is 0.00200. The van der Waals surface area contributed by atoms with Gasteiger partial charge in [0.25, 0.3) is 0 Å². The topological polar surface area (TPSA) is 93.0 Å². The maximum Gasteiger partial charge on any atom is 0.157 e. The van der Waals surface area contributed by atoms with E-state index in [4.69, 9.17) is 0 Å². The Morgan fingerprint density at radius 1 is 0.955 bits per heavy atom. The van der Waals surface area contributed by atoms with E-state index in [1.165, 1.54) is 12.1 Å². The molecule has 0 unspecified atom stereocenters. The summed E-state index contributed by atoms with van der Waals surface area (Å²) >= 11 is 0. The number of phenols is 3. The molecule has 0 aliphatic rings. The second kappa shape index (κ2) is 7.15. The van der Waals surface area contributed by atoms with E-state index in [0.29, 0.717) is 12.1 Å². The highest BCUT2D eigenvalue weighted by atomic mass is 16.3. The van der Waals surface area contributed by atoms with E-state index in [-0.39, 0.29) is 23.3 Å². The number of phenolic OH excluding ortho intramolecular Hbond substituents is 3. The molecule has 0 aromatic heterocycles. The van der Waals surface area contributed by atoms with E-state index < -0.39 is 6.10 Å². The molecule has 5 nitrogen and oxygen atoms in total.